The summed E-state index contributed by atoms with van der Waals surface area (Å²) in [6, 6.07) is 0.0123. The summed E-state index contributed by atoms with van der Waals surface area (Å²) in [5, 5.41) is 11.1. The highest BCUT2D eigenvalue weighted by molar-refractivity contribution is 5.74. The van der Waals surface area contributed by atoms with E-state index < -0.39 is 0 Å². The van der Waals surface area contributed by atoms with Gasteiger partial charge in [-0.25, -0.2) is 4.79 Å². The molecule has 128 valence electrons. The van der Waals surface area contributed by atoms with E-state index in [0.29, 0.717) is 12.5 Å². The summed E-state index contributed by atoms with van der Waals surface area (Å²) in [4.78, 5) is 16.4. The maximum atomic E-state index is 12.3. The summed E-state index contributed by atoms with van der Waals surface area (Å²) in [5.41, 5.74) is 0. The first-order valence-electron chi connectivity index (χ1n) is 8.30. The van der Waals surface area contributed by atoms with E-state index in [4.69, 9.17) is 4.74 Å². The van der Waals surface area contributed by atoms with Crippen LogP contribution in [0, 0.1) is 0 Å². The molecule has 3 heterocycles. The van der Waals surface area contributed by atoms with Crippen molar-refractivity contribution in [2.24, 2.45) is 7.05 Å². The molecule has 0 spiro atoms. The van der Waals surface area contributed by atoms with E-state index in [0.717, 1.165) is 51.5 Å². The number of ether oxygens (including phenoxy) is 1. The van der Waals surface area contributed by atoms with Gasteiger partial charge in [0.15, 0.2) is 0 Å². The van der Waals surface area contributed by atoms with Crippen LogP contribution >= 0.6 is 0 Å². The van der Waals surface area contributed by atoms with Gasteiger partial charge in [0.05, 0.1) is 12.7 Å². The average molecular weight is 322 g/mol. The SMILES string of the molecule is CN1CCO[C@@H](CNC(=O)N2CCC(c3nncn3C)CC2)C1. The van der Waals surface area contributed by atoms with E-state index in [1.165, 1.54) is 0 Å². The number of nitrogens with one attached hydrogen (secondary N) is 1. The lowest BCUT2D eigenvalue weighted by Gasteiger charge is -2.33. The van der Waals surface area contributed by atoms with Gasteiger partial charge in [0.1, 0.15) is 12.2 Å². The number of hydrogen-bond donors (Lipinski definition) is 1. The Morgan fingerprint density at radius 3 is 2.78 bits per heavy atom. The zero-order valence-corrected chi connectivity index (χ0v) is 13.9. The topological polar surface area (TPSA) is 75.5 Å². The summed E-state index contributed by atoms with van der Waals surface area (Å²) in [6.07, 6.45) is 3.69. The Bertz CT molecular complexity index is 526. The Kier molecular flexibility index (Phi) is 5.12. The fourth-order valence-corrected chi connectivity index (χ4v) is 3.31. The Morgan fingerprint density at radius 1 is 1.35 bits per heavy atom. The van der Waals surface area contributed by atoms with Crippen molar-refractivity contribution in [2.75, 3.05) is 46.4 Å². The van der Waals surface area contributed by atoms with Crippen LogP contribution in [0.25, 0.3) is 0 Å². The highest BCUT2D eigenvalue weighted by atomic mass is 16.5. The van der Waals surface area contributed by atoms with E-state index in [9.17, 15) is 4.79 Å². The van der Waals surface area contributed by atoms with Gasteiger partial charge in [0.25, 0.3) is 0 Å². The predicted molar refractivity (Wildman–Crippen MR) is 85.2 cm³/mol. The van der Waals surface area contributed by atoms with Gasteiger partial charge in [0, 0.05) is 45.7 Å². The van der Waals surface area contributed by atoms with Crippen LogP contribution in [0.3, 0.4) is 0 Å². The van der Waals surface area contributed by atoms with E-state index in [1.807, 2.05) is 16.5 Å². The molecule has 2 aliphatic heterocycles. The van der Waals surface area contributed by atoms with Crippen LogP contribution in [0.1, 0.15) is 24.6 Å². The van der Waals surface area contributed by atoms with Crippen LogP contribution in [0.5, 0.6) is 0 Å². The first-order chi connectivity index (χ1) is 11.1. The van der Waals surface area contributed by atoms with Crippen molar-refractivity contribution in [1.82, 2.24) is 29.9 Å². The number of aromatic nitrogens is 3. The number of carbonyl (C=O) groups excluding carboxylic acids is 1. The average Bonchev–Trinajstić information content (AvgIpc) is 2.99. The summed E-state index contributed by atoms with van der Waals surface area (Å²) in [6.45, 7) is 4.66. The molecule has 0 aliphatic carbocycles. The van der Waals surface area contributed by atoms with E-state index in [-0.39, 0.29) is 12.1 Å². The van der Waals surface area contributed by atoms with Gasteiger partial charge in [0.2, 0.25) is 0 Å². The zero-order valence-electron chi connectivity index (χ0n) is 13.9. The van der Waals surface area contributed by atoms with E-state index in [2.05, 4.69) is 27.5 Å². The van der Waals surface area contributed by atoms with Crippen LogP contribution in [0.4, 0.5) is 4.79 Å². The van der Waals surface area contributed by atoms with Gasteiger partial charge in [-0.3, -0.25) is 0 Å². The van der Waals surface area contributed by atoms with Gasteiger partial charge in [-0.1, -0.05) is 0 Å². The number of urea groups is 1. The molecule has 1 aromatic heterocycles. The third-order valence-electron chi connectivity index (χ3n) is 4.72. The van der Waals surface area contributed by atoms with Crippen molar-refractivity contribution < 1.29 is 9.53 Å². The van der Waals surface area contributed by atoms with E-state index in [1.54, 1.807) is 6.33 Å². The first kappa shape index (κ1) is 16.2. The zero-order chi connectivity index (χ0) is 16.2. The first-order valence-corrected chi connectivity index (χ1v) is 8.30. The van der Waals surface area contributed by atoms with Gasteiger partial charge in [-0.05, 0) is 19.9 Å². The van der Waals surface area contributed by atoms with Crippen molar-refractivity contribution in [3.63, 3.8) is 0 Å². The smallest absolute Gasteiger partial charge is 0.317 e. The molecule has 0 aromatic carbocycles. The quantitative estimate of drug-likeness (QED) is 0.850. The molecule has 8 heteroatoms. The highest BCUT2D eigenvalue weighted by Gasteiger charge is 2.27. The number of likely N-dealkylation sites (tertiary alicyclic amines) is 1. The molecule has 0 bridgehead atoms. The number of morpholine rings is 1. The predicted octanol–water partition coefficient (Wildman–Crippen LogP) is 0.0347. The molecule has 23 heavy (non-hydrogen) atoms. The summed E-state index contributed by atoms with van der Waals surface area (Å²) >= 11 is 0. The van der Waals surface area contributed by atoms with Gasteiger partial charge >= 0.3 is 6.03 Å². The molecule has 2 fully saturated rings. The Labute approximate surface area is 136 Å². The Morgan fingerprint density at radius 2 is 2.13 bits per heavy atom. The number of hydrogen-bond acceptors (Lipinski definition) is 5. The molecule has 2 aliphatic rings. The second-order valence-electron chi connectivity index (χ2n) is 6.50. The molecule has 0 unspecified atom stereocenters. The molecule has 3 rings (SSSR count). The summed E-state index contributed by atoms with van der Waals surface area (Å²) in [7, 11) is 4.05. The fraction of sp³-hybridized carbons (Fsp3) is 0.800. The molecule has 1 aromatic rings. The minimum absolute atomic E-state index is 0.0123. The molecule has 8 nitrogen and oxygen atoms in total. The van der Waals surface area contributed by atoms with E-state index >= 15 is 0 Å². The van der Waals surface area contributed by atoms with Gasteiger partial charge in [-0.2, -0.15) is 0 Å². The second kappa shape index (κ2) is 7.27. The number of piperidine rings is 1. The van der Waals surface area contributed by atoms with Crippen molar-refractivity contribution >= 4 is 6.03 Å². The normalized spacial score (nSPS) is 23.9. The maximum absolute atomic E-state index is 12.3. The number of aryl methyl sites for hydroxylation is 1. The molecule has 2 saturated heterocycles. The largest absolute Gasteiger partial charge is 0.374 e. The van der Waals surface area contributed by atoms with Crippen molar-refractivity contribution in [1.29, 1.82) is 0 Å². The number of rotatable bonds is 3. The lowest BCUT2D eigenvalue weighted by atomic mass is 9.96. The number of nitrogens with zero attached hydrogens (tertiary/aromatic N) is 5. The van der Waals surface area contributed by atoms with Crippen LogP contribution in [-0.4, -0.2) is 83.1 Å². The minimum atomic E-state index is 0.0123. The minimum Gasteiger partial charge on any atom is -0.374 e. The van der Waals surface area contributed by atoms with Crippen LogP contribution in [0.15, 0.2) is 6.33 Å². The second-order valence-corrected chi connectivity index (χ2v) is 6.50. The van der Waals surface area contributed by atoms with Crippen molar-refractivity contribution in [3.8, 4) is 0 Å². The summed E-state index contributed by atoms with van der Waals surface area (Å²) < 4.78 is 7.64. The molecule has 0 radical (unpaired) electrons. The lowest BCUT2D eigenvalue weighted by Crippen LogP contribution is -2.50. The number of likely N-dealkylation sites (N-methyl/N-ethyl adjacent to an activating group) is 1. The lowest BCUT2D eigenvalue weighted by molar-refractivity contribution is -0.0173. The third kappa shape index (κ3) is 4.00. The molecular formula is C15H26N6O2. The fourth-order valence-electron chi connectivity index (χ4n) is 3.31. The van der Waals surface area contributed by atoms with Crippen molar-refractivity contribution in [2.45, 2.75) is 24.9 Å². The Balaban J connectivity index is 1.42. The van der Waals surface area contributed by atoms with Crippen LogP contribution in [-0.2, 0) is 11.8 Å². The van der Waals surface area contributed by atoms with Crippen LogP contribution in [0.2, 0.25) is 0 Å². The highest BCUT2D eigenvalue weighted by Crippen LogP contribution is 2.25. The standard InChI is InChI=1S/C15H26N6O2/c1-19-7-8-23-13(10-19)9-16-15(22)21-5-3-12(4-6-21)14-18-17-11-20(14)2/h11-13H,3-10H2,1-2H3,(H,16,22)/t13-/m0/s1. The Hall–Kier alpha value is -1.67. The monoisotopic (exact) mass is 322 g/mol. The molecule has 1 atom stereocenters. The van der Waals surface area contributed by atoms with Gasteiger partial charge < -0.3 is 24.4 Å². The van der Waals surface area contributed by atoms with Crippen molar-refractivity contribution in [3.05, 3.63) is 12.2 Å². The molecular weight excluding hydrogens is 296 g/mol. The molecule has 1 N–H and O–H groups in total. The molecule has 2 amide bonds. The van der Waals surface area contributed by atoms with Gasteiger partial charge in [-0.15, -0.1) is 10.2 Å². The number of amides is 2. The number of carbonyl (C=O) groups is 1. The third-order valence-corrected chi connectivity index (χ3v) is 4.72. The van der Waals surface area contributed by atoms with Crippen LogP contribution < -0.4 is 5.32 Å². The maximum Gasteiger partial charge on any atom is 0.317 e. The molecule has 0 saturated carbocycles. The summed E-state index contributed by atoms with van der Waals surface area (Å²) in [5.74, 6) is 1.41.